The minimum absolute atomic E-state index is 0.0114. The highest BCUT2D eigenvalue weighted by atomic mass is 19.1. The molecule has 0 aliphatic heterocycles. The predicted octanol–water partition coefficient (Wildman–Crippen LogP) is 3.52. The third-order valence-electron chi connectivity index (χ3n) is 8.79. The zero-order valence-corrected chi connectivity index (χ0v) is 15.6. The van der Waals surface area contributed by atoms with Crippen molar-refractivity contribution in [3.8, 4) is 0 Å². The number of aliphatic hydroxyl groups is 2. The second-order valence-corrected chi connectivity index (χ2v) is 10.1. The Labute approximate surface area is 150 Å². The van der Waals surface area contributed by atoms with E-state index in [2.05, 4.69) is 6.92 Å². The molecule has 0 aromatic rings. The average molecular weight is 352 g/mol. The van der Waals surface area contributed by atoms with Gasteiger partial charge in [-0.05, 0) is 93.3 Å². The summed E-state index contributed by atoms with van der Waals surface area (Å²) in [5.74, 6) is 1.75. The number of hydrogen-bond donors (Lipinski definition) is 2. The molecule has 4 aliphatic rings. The maximum atomic E-state index is 15.1. The van der Waals surface area contributed by atoms with Crippen molar-refractivity contribution in [2.75, 3.05) is 6.61 Å². The van der Waals surface area contributed by atoms with E-state index in [9.17, 15) is 15.0 Å². The van der Waals surface area contributed by atoms with E-state index in [1.807, 2.05) is 6.92 Å². The molecule has 2 N–H and O–H groups in total. The molecule has 4 fully saturated rings. The predicted molar refractivity (Wildman–Crippen MR) is 93.6 cm³/mol. The van der Waals surface area contributed by atoms with Crippen molar-refractivity contribution in [1.29, 1.82) is 0 Å². The third-order valence-corrected chi connectivity index (χ3v) is 8.79. The fraction of sp³-hybridized carbons (Fsp3) is 0.952. The minimum atomic E-state index is -0.812. The molecule has 0 spiro atoms. The molecule has 0 aromatic carbocycles. The monoisotopic (exact) mass is 352 g/mol. The van der Waals surface area contributed by atoms with Gasteiger partial charge in [0, 0.05) is 5.92 Å². The van der Waals surface area contributed by atoms with Crippen molar-refractivity contribution >= 4 is 5.78 Å². The number of halogens is 1. The van der Waals surface area contributed by atoms with Gasteiger partial charge in [0.2, 0.25) is 0 Å². The molecule has 9 atom stereocenters. The SMILES string of the molecule is C[C@@]1(O)CC[C@H]2[C@H](C1)[C@H](F)CC1[C@@H]2CC[C@]2(C)[C@@H](C(=O)CO)CC[C@@H]12. The van der Waals surface area contributed by atoms with Gasteiger partial charge in [0.1, 0.15) is 12.8 Å². The van der Waals surface area contributed by atoms with Gasteiger partial charge in [-0.2, -0.15) is 0 Å². The van der Waals surface area contributed by atoms with Crippen LogP contribution in [-0.4, -0.2) is 34.4 Å². The van der Waals surface area contributed by atoms with E-state index in [0.29, 0.717) is 36.5 Å². The lowest BCUT2D eigenvalue weighted by Crippen LogP contribution is -2.54. The number of Topliss-reactive ketones (excluding diaryl/α,β-unsaturated/α-hetero) is 1. The topological polar surface area (TPSA) is 57.5 Å². The van der Waals surface area contributed by atoms with Crippen molar-refractivity contribution in [2.45, 2.75) is 77.0 Å². The van der Waals surface area contributed by atoms with Gasteiger partial charge in [-0.25, -0.2) is 4.39 Å². The largest absolute Gasteiger partial charge is 0.390 e. The second-order valence-electron chi connectivity index (χ2n) is 10.1. The highest BCUT2D eigenvalue weighted by Crippen LogP contribution is 2.65. The van der Waals surface area contributed by atoms with E-state index < -0.39 is 11.8 Å². The Hall–Kier alpha value is -0.480. The van der Waals surface area contributed by atoms with Crippen molar-refractivity contribution < 1.29 is 19.4 Å². The van der Waals surface area contributed by atoms with E-state index in [4.69, 9.17) is 0 Å². The number of rotatable bonds is 2. The van der Waals surface area contributed by atoms with Crippen LogP contribution in [-0.2, 0) is 4.79 Å². The quantitative estimate of drug-likeness (QED) is 0.799. The Morgan fingerprint density at radius 1 is 1.04 bits per heavy atom. The Bertz CT molecular complexity index is 547. The maximum Gasteiger partial charge on any atom is 0.161 e. The smallest absolute Gasteiger partial charge is 0.161 e. The van der Waals surface area contributed by atoms with Gasteiger partial charge in [-0.15, -0.1) is 0 Å². The Balaban J connectivity index is 1.58. The lowest BCUT2D eigenvalue weighted by molar-refractivity contribution is -0.140. The molecule has 0 saturated heterocycles. The van der Waals surface area contributed by atoms with E-state index in [1.54, 1.807) is 0 Å². The molecule has 0 bridgehead atoms. The summed E-state index contributed by atoms with van der Waals surface area (Å²) in [6.07, 6.45) is 6.14. The normalized spacial score (nSPS) is 55.2. The minimum Gasteiger partial charge on any atom is -0.390 e. The number of hydrogen-bond acceptors (Lipinski definition) is 3. The van der Waals surface area contributed by atoms with Crippen LogP contribution < -0.4 is 0 Å². The van der Waals surface area contributed by atoms with Gasteiger partial charge in [0.15, 0.2) is 5.78 Å². The number of aliphatic hydroxyl groups excluding tert-OH is 1. The molecule has 0 heterocycles. The highest BCUT2D eigenvalue weighted by Gasteiger charge is 2.60. The molecule has 1 unspecified atom stereocenters. The van der Waals surface area contributed by atoms with Gasteiger partial charge in [0.05, 0.1) is 5.60 Å². The first-order valence-corrected chi connectivity index (χ1v) is 10.3. The van der Waals surface area contributed by atoms with Crippen LogP contribution in [0.15, 0.2) is 0 Å². The zero-order chi connectivity index (χ0) is 18.0. The average Bonchev–Trinajstić information content (AvgIpc) is 2.91. The van der Waals surface area contributed by atoms with Crippen molar-refractivity contribution in [3.63, 3.8) is 0 Å². The summed E-state index contributed by atoms with van der Waals surface area (Å²) in [5.41, 5.74) is -0.749. The van der Waals surface area contributed by atoms with Gasteiger partial charge < -0.3 is 10.2 Å². The molecule has 4 rings (SSSR count). The molecule has 142 valence electrons. The van der Waals surface area contributed by atoms with Crippen LogP contribution in [0.3, 0.4) is 0 Å². The first-order chi connectivity index (χ1) is 11.8. The van der Waals surface area contributed by atoms with Crippen molar-refractivity contribution in [2.24, 2.45) is 40.9 Å². The van der Waals surface area contributed by atoms with Crippen LogP contribution >= 0.6 is 0 Å². The molecule has 4 saturated carbocycles. The molecule has 4 aliphatic carbocycles. The van der Waals surface area contributed by atoms with Crippen molar-refractivity contribution in [3.05, 3.63) is 0 Å². The number of fused-ring (bicyclic) bond motifs is 5. The number of ketones is 1. The molecule has 0 radical (unpaired) electrons. The summed E-state index contributed by atoms with van der Waals surface area (Å²) in [6, 6.07) is 0. The standard InChI is InChI=1S/C21H33FO3/c1-20(25)7-5-13-12-6-8-21(2)16(3-4-17(21)19(24)11-23)14(12)9-18(22)15(13)10-20/h12-18,23,25H,3-11H2,1-2H3/t12-,13-,14?,15+,16+,17-,18-,20-,21+/m1/s1. The van der Waals surface area contributed by atoms with Crippen molar-refractivity contribution in [1.82, 2.24) is 0 Å². The van der Waals surface area contributed by atoms with Crippen LogP contribution in [0.4, 0.5) is 4.39 Å². The van der Waals surface area contributed by atoms with Gasteiger partial charge in [-0.1, -0.05) is 6.92 Å². The molecule has 4 heteroatoms. The summed E-state index contributed by atoms with van der Waals surface area (Å²) in [7, 11) is 0. The van der Waals surface area contributed by atoms with Crippen LogP contribution in [0, 0.1) is 40.9 Å². The van der Waals surface area contributed by atoms with Gasteiger partial charge in [0.25, 0.3) is 0 Å². The number of alkyl halides is 1. The molecule has 0 aromatic heterocycles. The first kappa shape index (κ1) is 17.9. The van der Waals surface area contributed by atoms with Gasteiger partial charge in [-0.3, -0.25) is 4.79 Å². The lowest BCUT2D eigenvalue weighted by Gasteiger charge is -2.57. The number of carbonyl (C=O) groups is 1. The summed E-state index contributed by atoms with van der Waals surface area (Å²) in [5, 5.41) is 19.8. The Morgan fingerprint density at radius 2 is 1.72 bits per heavy atom. The molecule has 25 heavy (non-hydrogen) atoms. The fourth-order valence-electron chi connectivity index (χ4n) is 7.64. The lowest BCUT2D eigenvalue weighted by atomic mass is 9.48. The summed E-state index contributed by atoms with van der Waals surface area (Å²) < 4.78 is 15.1. The Morgan fingerprint density at radius 3 is 2.44 bits per heavy atom. The van der Waals surface area contributed by atoms with Crippen LogP contribution in [0.5, 0.6) is 0 Å². The highest BCUT2D eigenvalue weighted by molar-refractivity contribution is 5.83. The van der Waals surface area contributed by atoms with Gasteiger partial charge >= 0.3 is 0 Å². The van der Waals surface area contributed by atoms with E-state index in [0.717, 1.165) is 38.5 Å². The zero-order valence-electron chi connectivity index (χ0n) is 15.6. The second kappa shape index (κ2) is 6.02. The molecule has 0 amide bonds. The van der Waals surface area contributed by atoms with Crippen LogP contribution in [0.2, 0.25) is 0 Å². The molecule has 3 nitrogen and oxygen atoms in total. The fourth-order valence-corrected chi connectivity index (χ4v) is 7.64. The van der Waals surface area contributed by atoms with E-state index >= 15 is 4.39 Å². The third kappa shape index (κ3) is 2.70. The van der Waals surface area contributed by atoms with Crippen LogP contribution in [0.1, 0.15) is 65.2 Å². The molecular formula is C21H33FO3. The number of carbonyl (C=O) groups excluding carboxylic acids is 1. The summed E-state index contributed by atoms with van der Waals surface area (Å²) in [4.78, 5) is 12.2. The summed E-state index contributed by atoms with van der Waals surface area (Å²) in [6.45, 7) is 3.73. The maximum absolute atomic E-state index is 15.1. The van der Waals surface area contributed by atoms with E-state index in [-0.39, 0.29) is 29.6 Å². The van der Waals surface area contributed by atoms with Crippen LogP contribution in [0.25, 0.3) is 0 Å². The van der Waals surface area contributed by atoms with E-state index in [1.165, 1.54) is 0 Å². The summed E-state index contributed by atoms with van der Waals surface area (Å²) >= 11 is 0. The molecular weight excluding hydrogens is 319 g/mol. The Kier molecular flexibility index (Phi) is 4.31. The first-order valence-electron chi connectivity index (χ1n) is 10.3.